The fourth-order valence-corrected chi connectivity index (χ4v) is 2.54. The number of benzene rings is 2. The van der Waals surface area contributed by atoms with Crippen molar-refractivity contribution < 1.29 is 13.9 Å². The van der Waals surface area contributed by atoms with Crippen LogP contribution in [0.2, 0.25) is 0 Å². The summed E-state index contributed by atoms with van der Waals surface area (Å²) in [4.78, 5) is 16.4. The quantitative estimate of drug-likeness (QED) is 0.666. The third kappa shape index (κ3) is 5.28. The van der Waals surface area contributed by atoms with Crippen molar-refractivity contribution in [2.24, 2.45) is 0 Å². The van der Waals surface area contributed by atoms with E-state index >= 15 is 0 Å². The van der Waals surface area contributed by atoms with Crippen molar-refractivity contribution in [1.82, 2.24) is 10.3 Å². The van der Waals surface area contributed by atoms with Gasteiger partial charge in [-0.25, -0.2) is 9.37 Å². The Morgan fingerprint density at radius 2 is 1.85 bits per heavy atom. The third-order valence-electron chi connectivity index (χ3n) is 3.96. The first-order valence-corrected chi connectivity index (χ1v) is 8.54. The number of rotatable bonds is 7. The smallest absolute Gasteiger partial charge is 0.269 e. The van der Waals surface area contributed by atoms with E-state index in [9.17, 15) is 9.18 Å². The van der Waals surface area contributed by atoms with Crippen LogP contribution in [0.15, 0.2) is 66.9 Å². The van der Waals surface area contributed by atoms with E-state index in [0.717, 1.165) is 22.7 Å². The Morgan fingerprint density at radius 1 is 1.07 bits per heavy atom. The Bertz CT molecular complexity index is 896. The van der Waals surface area contributed by atoms with E-state index in [-0.39, 0.29) is 11.7 Å². The molecule has 2 N–H and O–H groups in total. The molecule has 2 aromatic carbocycles. The lowest BCUT2D eigenvalue weighted by Crippen LogP contribution is -2.26. The molecule has 0 atom stereocenters. The van der Waals surface area contributed by atoms with Gasteiger partial charge in [0.1, 0.15) is 17.3 Å². The molecule has 27 heavy (non-hydrogen) atoms. The van der Waals surface area contributed by atoms with Gasteiger partial charge in [-0.1, -0.05) is 12.1 Å². The number of ether oxygens (including phenoxy) is 1. The lowest BCUT2D eigenvalue weighted by atomic mass is 10.1. The molecule has 0 saturated carbocycles. The molecule has 0 fully saturated rings. The van der Waals surface area contributed by atoms with Crippen LogP contribution in [-0.4, -0.2) is 24.5 Å². The highest BCUT2D eigenvalue weighted by molar-refractivity contribution is 5.92. The molecule has 0 radical (unpaired) electrons. The van der Waals surface area contributed by atoms with Crippen molar-refractivity contribution in [3.8, 4) is 5.75 Å². The second-order valence-electron chi connectivity index (χ2n) is 5.92. The van der Waals surface area contributed by atoms with Gasteiger partial charge in [0.15, 0.2) is 0 Å². The maximum atomic E-state index is 12.9. The molecule has 6 heteroatoms. The second-order valence-corrected chi connectivity index (χ2v) is 5.92. The summed E-state index contributed by atoms with van der Waals surface area (Å²) in [6, 6.07) is 17.2. The number of carbonyl (C=O) groups excluding carboxylic acids is 1. The van der Waals surface area contributed by atoms with Gasteiger partial charge in [0, 0.05) is 12.2 Å². The van der Waals surface area contributed by atoms with Crippen molar-refractivity contribution in [2.45, 2.75) is 6.42 Å². The number of aromatic nitrogens is 1. The van der Waals surface area contributed by atoms with Crippen molar-refractivity contribution in [3.05, 3.63) is 83.9 Å². The summed E-state index contributed by atoms with van der Waals surface area (Å²) in [6.07, 6.45) is 2.27. The molecule has 0 bridgehead atoms. The summed E-state index contributed by atoms with van der Waals surface area (Å²) in [7, 11) is 1.63. The van der Waals surface area contributed by atoms with Gasteiger partial charge in [-0.2, -0.15) is 0 Å². The minimum absolute atomic E-state index is 0.230. The highest BCUT2D eigenvalue weighted by Crippen LogP contribution is 2.16. The Kier molecular flexibility index (Phi) is 5.99. The van der Waals surface area contributed by atoms with E-state index < -0.39 is 0 Å². The summed E-state index contributed by atoms with van der Waals surface area (Å²) in [5, 5.41) is 5.96. The number of hydrogen-bond donors (Lipinski definition) is 2. The van der Waals surface area contributed by atoms with Gasteiger partial charge >= 0.3 is 0 Å². The van der Waals surface area contributed by atoms with Crippen molar-refractivity contribution in [2.75, 3.05) is 19.0 Å². The van der Waals surface area contributed by atoms with Crippen LogP contribution in [-0.2, 0) is 6.42 Å². The number of amides is 1. The number of hydrogen-bond acceptors (Lipinski definition) is 4. The van der Waals surface area contributed by atoms with Gasteiger partial charge in [0.2, 0.25) is 0 Å². The summed E-state index contributed by atoms with van der Waals surface area (Å²) in [5.74, 6) is 0.274. The summed E-state index contributed by atoms with van der Waals surface area (Å²) >= 11 is 0. The number of methoxy groups -OCH3 is 1. The molecule has 1 amide bonds. The van der Waals surface area contributed by atoms with E-state index in [1.54, 1.807) is 37.6 Å². The van der Waals surface area contributed by atoms with Gasteiger partial charge in [0.05, 0.1) is 19.0 Å². The van der Waals surface area contributed by atoms with Gasteiger partial charge < -0.3 is 15.4 Å². The monoisotopic (exact) mass is 365 g/mol. The van der Waals surface area contributed by atoms with Crippen molar-refractivity contribution in [3.63, 3.8) is 0 Å². The number of halogens is 1. The lowest BCUT2D eigenvalue weighted by Gasteiger charge is -2.08. The van der Waals surface area contributed by atoms with Crippen LogP contribution in [0.3, 0.4) is 0 Å². The average molecular weight is 365 g/mol. The number of carbonyl (C=O) groups is 1. The minimum Gasteiger partial charge on any atom is -0.497 e. The first-order chi connectivity index (χ1) is 13.1. The molecule has 1 heterocycles. The Labute approximate surface area is 157 Å². The zero-order valence-electron chi connectivity index (χ0n) is 14.9. The summed E-state index contributed by atoms with van der Waals surface area (Å²) < 4.78 is 18.1. The number of pyridine rings is 1. The second kappa shape index (κ2) is 8.80. The molecule has 3 rings (SSSR count). The van der Waals surface area contributed by atoms with Crippen LogP contribution in [0, 0.1) is 5.82 Å². The Hall–Kier alpha value is -3.41. The van der Waals surface area contributed by atoms with Crippen LogP contribution in [0.25, 0.3) is 0 Å². The summed E-state index contributed by atoms with van der Waals surface area (Å²) in [6.45, 7) is 0.503. The first kappa shape index (κ1) is 18.4. The van der Waals surface area contributed by atoms with Gasteiger partial charge in [-0.15, -0.1) is 0 Å². The van der Waals surface area contributed by atoms with E-state index in [1.807, 2.05) is 24.3 Å². The average Bonchev–Trinajstić information content (AvgIpc) is 2.70. The van der Waals surface area contributed by atoms with Crippen LogP contribution < -0.4 is 15.4 Å². The molecule has 0 unspecified atom stereocenters. The highest BCUT2D eigenvalue weighted by atomic mass is 19.1. The molecule has 3 aromatic rings. The van der Waals surface area contributed by atoms with Gasteiger partial charge in [0.25, 0.3) is 5.91 Å². The molecule has 138 valence electrons. The van der Waals surface area contributed by atoms with Crippen LogP contribution in [0.1, 0.15) is 16.1 Å². The molecule has 0 saturated heterocycles. The Morgan fingerprint density at radius 3 is 2.56 bits per heavy atom. The molecular weight excluding hydrogens is 345 g/mol. The Balaban J connectivity index is 1.51. The largest absolute Gasteiger partial charge is 0.497 e. The SMILES string of the molecule is COc1cccc(CCNC(=O)c2ccc(Nc3ccc(F)cc3)cn2)c1. The van der Waals surface area contributed by atoms with Crippen LogP contribution in [0.5, 0.6) is 5.75 Å². The molecule has 0 aliphatic heterocycles. The van der Waals surface area contributed by atoms with Crippen LogP contribution >= 0.6 is 0 Å². The molecular formula is C21H20FN3O2. The van der Waals surface area contributed by atoms with Gasteiger partial charge in [-0.3, -0.25) is 4.79 Å². The lowest BCUT2D eigenvalue weighted by molar-refractivity contribution is 0.0949. The molecule has 0 aliphatic rings. The first-order valence-electron chi connectivity index (χ1n) is 8.54. The molecule has 1 aromatic heterocycles. The number of nitrogens with one attached hydrogen (secondary N) is 2. The fraction of sp³-hybridized carbons (Fsp3) is 0.143. The summed E-state index contributed by atoms with van der Waals surface area (Å²) in [5.41, 5.74) is 2.88. The van der Waals surface area contributed by atoms with E-state index in [4.69, 9.17) is 4.74 Å². The van der Waals surface area contributed by atoms with E-state index in [1.165, 1.54) is 12.1 Å². The topological polar surface area (TPSA) is 63.2 Å². The predicted octanol–water partition coefficient (Wildman–Crippen LogP) is 3.95. The normalized spacial score (nSPS) is 10.3. The van der Waals surface area contributed by atoms with Crippen molar-refractivity contribution >= 4 is 17.3 Å². The standard InChI is InChI=1S/C21H20FN3O2/c1-27-19-4-2-3-15(13-19)11-12-23-21(26)20-10-9-18(14-24-20)25-17-7-5-16(22)6-8-17/h2-10,13-14,25H,11-12H2,1H3,(H,23,26). The molecule has 5 nitrogen and oxygen atoms in total. The minimum atomic E-state index is -0.292. The van der Waals surface area contributed by atoms with Crippen molar-refractivity contribution in [1.29, 1.82) is 0 Å². The van der Waals surface area contributed by atoms with Gasteiger partial charge in [-0.05, 0) is 60.5 Å². The third-order valence-corrected chi connectivity index (χ3v) is 3.96. The van der Waals surface area contributed by atoms with Crippen LogP contribution in [0.4, 0.5) is 15.8 Å². The maximum absolute atomic E-state index is 12.9. The molecule has 0 spiro atoms. The maximum Gasteiger partial charge on any atom is 0.269 e. The van der Waals surface area contributed by atoms with E-state index in [0.29, 0.717) is 18.7 Å². The zero-order valence-corrected chi connectivity index (χ0v) is 14.9. The predicted molar refractivity (Wildman–Crippen MR) is 103 cm³/mol. The number of nitrogens with zero attached hydrogens (tertiary/aromatic N) is 1. The fourth-order valence-electron chi connectivity index (χ4n) is 2.54. The van der Waals surface area contributed by atoms with E-state index in [2.05, 4.69) is 15.6 Å². The number of anilines is 2. The molecule has 0 aliphatic carbocycles. The highest BCUT2D eigenvalue weighted by Gasteiger charge is 2.07. The zero-order chi connectivity index (χ0) is 19.1.